The molecule has 16 heavy (non-hydrogen) atoms. The third-order valence-corrected chi connectivity index (χ3v) is 3.56. The van der Waals surface area contributed by atoms with Gasteiger partial charge in [0.15, 0.2) is 0 Å². The van der Waals surface area contributed by atoms with Crippen LogP contribution < -0.4 is 5.73 Å². The maximum absolute atomic E-state index is 5.75. The van der Waals surface area contributed by atoms with Crippen LogP contribution >= 0.6 is 0 Å². The Bertz CT molecular complexity index is 194. The summed E-state index contributed by atoms with van der Waals surface area (Å²) < 4.78 is 0. The van der Waals surface area contributed by atoms with Gasteiger partial charge in [0.2, 0.25) is 0 Å². The fourth-order valence-electron chi connectivity index (χ4n) is 2.69. The van der Waals surface area contributed by atoms with Crippen LogP contribution in [0, 0.1) is 5.92 Å². The van der Waals surface area contributed by atoms with Gasteiger partial charge in [-0.15, -0.1) is 0 Å². The van der Waals surface area contributed by atoms with Crippen molar-refractivity contribution < 1.29 is 0 Å². The van der Waals surface area contributed by atoms with Gasteiger partial charge in [-0.1, -0.05) is 13.8 Å². The van der Waals surface area contributed by atoms with Gasteiger partial charge in [0.05, 0.1) is 0 Å². The molecule has 1 saturated heterocycles. The van der Waals surface area contributed by atoms with E-state index >= 15 is 0 Å². The van der Waals surface area contributed by atoms with E-state index in [1.54, 1.807) is 0 Å². The lowest BCUT2D eigenvalue weighted by Crippen LogP contribution is -2.46. The topological polar surface area (TPSA) is 32.5 Å². The Morgan fingerprint density at radius 2 is 2.06 bits per heavy atom. The SMILES string of the molecule is CC(C)CN1C(C)CCN(C)CC1CCN. The summed E-state index contributed by atoms with van der Waals surface area (Å²) in [7, 11) is 2.23. The summed E-state index contributed by atoms with van der Waals surface area (Å²) in [6, 6.07) is 1.35. The molecule has 0 aromatic rings. The molecule has 2 atom stereocenters. The van der Waals surface area contributed by atoms with E-state index in [2.05, 4.69) is 37.6 Å². The van der Waals surface area contributed by atoms with Gasteiger partial charge < -0.3 is 10.6 Å². The number of nitrogens with two attached hydrogens (primary N) is 1. The molecular formula is C13H29N3. The first-order valence-electron chi connectivity index (χ1n) is 6.69. The zero-order chi connectivity index (χ0) is 12.1. The van der Waals surface area contributed by atoms with Gasteiger partial charge in [-0.05, 0) is 45.8 Å². The van der Waals surface area contributed by atoms with Gasteiger partial charge in [-0.25, -0.2) is 0 Å². The molecule has 1 rings (SSSR count). The normalized spacial score (nSPS) is 29.6. The van der Waals surface area contributed by atoms with Crippen molar-refractivity contribution in [2.24, 2.45) is 11.7 Å². The highest BCUT2D eigenvalue weighted by Gasteiger charge is 2.27. The van der Waals surface area contributed by atoms with E-state index in [9.17, 15) is 0 Å². The zero-order valence-electron chi connectivity index (χ0n) is 11.4. The highest BCUT2D eigenvalue weighted by atomic mass is 15.3. The van der Waals surface area contributed by atoms with Crippen molar-refractivity contribution in [1.29, 1.82) is 0 Å². The first-order valence-corrected chi connectivity index (χ1v) is 6.69. The molecular weight excluding hydrogens is 198 g/mol. The molecule has 3 heteroatoms. The lowest BCUT2D eigenvalue weighted by atomic mass is 10.1. The number of hydrogen-bond acceptors (Lipinski definition) is 3. The third-order valence-electron chi connectivity index (χ3n) is 3.56. The first kappa shape index (κ1) is 13.9. The lowest BCUT2D eigenvalue weighted by Gasteiger charge is -2.36. The van der Waals surface area contributed by atoms with Crippen LogP contribution in [0.3, 0.4) is 0 Å². The monoisotopic (exact) mass is 227 g/mol. The van der Waals surface area contributed by atoms with Crippen LogP contribution in [-0.4, -0.2) is 55.1 Å². The van der Waals surface area contributed by atoms with Crippen molar-refractivity contribution in [3.8, 4) is 0 Å². The van der Waals surface area contributed by atoms with Gasteiger partial charge in [0.1, 0.15) is 0 Å². The summed E-state index contributed by atoms with van der Waals surface area (Å²) in [6.45, 7) is 11.4. The molecule has 0 saturated carbocycles. The molecule has 1 aliphatic heterocycles. The molecule has 0 aromatic heterocycles. The van der Waals surface area contributed by atoms with E-state index in [-0.39, 0.29) is 0 Å². The van der Waals surface area contributed by atoms with Gasteiger partial charge >= 0.3 is 0 Å². The van der Waals surface area contributed by atoms with Gasteiger partial charge in [0.25, 0.3) is 0 Å². The Balaban J connectivity index is 2.68. The van der Waals surface area contributed by atoms with Crippen molar-refractivity contribution >= 4 is 0 Å². The minimum atomic E-state index is 0.648. The summed E-state index contributed by atoms with van der Waals surface area (Å²) in [5, 5.41) is 0. The van der Waals surface area contributed by atoms with E-state index in [0.29, 0.717) is 12.1 Å². The van der Waals surface area contributed by atoms with Crippen molar-refractivity contribution in [2.75, 3.05) is 33.2 Å². The van der Waals surface area contributed by atoms with Crippen molar-refractivity contribution in [3.05, 3.63) is 0 Å². The average molecular weight is 227 g/mol. The molecule has 0 bridgehead atoms. The van der Waals surface area contributed by atoms with E-state index in [1.165, 1.54) is 26.1 Å². The van der Waals surface area contributed by atoms with Gasteiger partial charge in [0, 0.05) is 25.2 Å². The number of likely N-dealkylation sites (N-methyl/N-ethyl adjacent to an activating group) is 1. The van der Waals surface area contributed by atoms with Gasteiger partial charge in [-0.2, -0.15) is 0 Å². The van der Waals surface area contributed by atoms with E-state index in [4.69, 9.17) is 5.73 Å². The van der Waals surface area contributed by atoms with Crippen LogP contribution in [0.15, 0.2) is 0 Å². The van der Waals surface area contributed by atoms with Gasteiger partial charge in [-0.3, -0.25) is 4.90 Å². The van der Waals surface area contributed by atoms with Crippen LogP contribution in [0.1, 0.15) is 33.6 Å². The molecule has 2 N–H and O–H groups in total. The zero-order valence-corrected chi connectivity index (χ0v) is 11.4. The Labute approximate surface area is 101 Å². The molecule has 0 aliphatic carbocycles. The Kier molecular flexibility index (Phi) is 5.73. The third kappa shape index (κ3) is 4.04. The molecule has 1 heterocycles. The highest BCUT2D eigenvalue weighted by molar-refractivity contribution is 4.84. The maximum atomic E-state index is 5.75. The highest BCUT2D eigenvalue weighted by Crippen LogP contribution is 2.19. The standard InChI is InChI=1S/C13H29N3/c1-11(2)9-16-12(3)6-8-15(4)10-13(16)5-7-14/h11-13H,5-10,14H2,1-4H3. The predicted molar refractivity (Wildman–Crippen MR) is 70.6 cm³/mol. The summed E-state index contributed by atoms with van der Waals surface area (Å²) >= 11 is 0. The summed E-state index contributed by atoms with van der Waals surface area (Å²) in [4.78, 5) is 5.14. The summed E-state index contributed by atoms with van der Waals surface area (Å²) in [5.74, 6) is 0.742. The van der Waals surface area contributed by atoms with E-state index < -0.39 is 0 Å². The predicted octanol–water partition coefficient (Wildman–Crippen LogP) is 1.39. The second-order valence-corrected chi connectivity index (χ2v) is 5.72. The van der Waals surface area contributed by atoms with Crippen LogP contribution in [0.25, 0.3) is 0 Å². The number of nitrogens with zero attached hydrogens (tertiary/aromatic N) is 2. The summed E-state index contributed by atoms with van der Waals surface area (Å²) in [5.41, 5.74) is 5.75. The minimum Gasteiger partial charge on any atom is -0.330 e. The van der Waals surface area contributed by atoms with E-state index in [0.717, 1.165) is 18.9 Å². The van der Waals surface area contributed by atoms with Crippen molar-refractivity contribution in [3.63, 3.8) is 0 Å². The Morgan fingerprint density at radius 3 is 2.62 bits per heavy atom. The Morgan fingerprint density at radius 1 is 1.38 bits per heavy atom. The van der Waals surface area contributed by atoms with Crippen molar-refractivity contribution in [2.45, 2.75) is 45.7 Å². The van der Waals surface area contributed by atoms with E-state index in [1.807, 2.05) is 0 Å². The largest absolute Gasteiger partial charge is 0.330 e. The first-order chi connectivity index (χ1) is 7.54. The van der Waals surface area contributed by atoms with Crippen LogP contribution in [-0.2, 0) is 0 Å². The molecule has 2 unspecified atom stereocenters. The summed E-state index contributed by atoms with van der Waals surface area (Å²) in [6.07, 6.45) is 2.41. The molecule has 0 amide bonds. The van der Waals surface area contributed by atoms with Crippen LogP contribution in [0.5, 0.6) is 0 Å². The second-order valence-electron chi connectivity index (χ2n) is 5.72. The number of hydrogen-bond donors (Lipinski definition) is 1. The molecule has 0 aromatic carbocycles. The second kappa shape index (κ2) is 6.58. The Hall–Kier alpha value is -0.120. The fourth-order valence-corrected chi connectivity index (χ4v) is 2.69. The average Bonchev–Trinajstić information content (AvgIpc) is 2.32. The van der Waals surface area contributed by atoms with Crippen LogP contribution in [0.4, 0.5) is 0 Å². The molecule has 1 aliphatic rings. The maximum Gasteiger partial charge on any atom is 0.0237 e. The molecule has 0 radical (unpaired) electrons. The van der Waals surface area contributed by atoms with Crippen LogP contribution in [0.2, 0.25) is 0 Å². The molecule has 1 fully saturated rings. The molecule has 0 spiro atoms. The molecule has 3 nitrogen and oxygen atoms in total. The van der Waals surface area contributed by atoms with Crippen molar-refractivity contribution in [1.82, 2.24) is 9.80 Å². The fraction of sp³-hybridized carbons (Fsp3) is 1.00. The number of rotatable bonds is 4. The minimum absolute atomic E-state index is 0.648. The molecule has 96 valence electrons. The lowest BCUT2D eigenvalue weighted by molar-refractivity contribution is 0.122. The quantitative estimate of drug-likeness (QED) is 0.788. The smallest absolute Gasteiger partial charge is 0.0237 e.